The van der Waals surface area contributed by atoms with Crippen molar-refractivity contribution in [1.29, 1.82) is 0 Å². The molecule has 4 amide bonds. The van der Waals surface area contributed by atoms with Crippen LogP contribution in [-0.4, -0.2) is 42.8 Å². The highest BCUT2D eigenvalue weighted by Crippen LogP contribution is 2.50. The van der Waals surface area contributed by atoms with E-state index in [0.29, 0.717) is 28.3 Å². The Morgan fingerprint density at radius 3 is 2.21 bits per heavy atom. The van der Waals surface area contributed by atoms with E-state index in [1.165, 1.54) is 7.11 Å². The Morgan fingerprint density at radius 2 is 1.56 bits per heavy atom. The van der Waals surface area contributed by atoms with Crippen LogP contribution in [0.1, 0.15) is 38.3 Å². The summed E-state index contributed by atoms with van der Waals surface area (Å²) in [5.74, 6) is -0.638. The third-order valence-corrected chi connectivity index (χ3v) is 6.76. The molecule has 0 radical (unpaired) electrons. The number of carbonyl (C=O) groups is 4. The Kier molecular flexibility index (Phi) is 6.38. The third-order valence-electron chi connectivity index (χ3n) is 6.76. The van der Waals surface area contributed by atoms with Gasteiger partial charge in [-0.3, -0.25) is 9.59 Å². The number of hydrogen-bond acceptors (Lipinski definition) is 7. The molecule has 2 aliphatic rings. The van der Waals surface area contributed by atoms with Crippen molar-refractivity contribution in [3.63, 3.8) is 0 Å². The van der Waals surface area contributed by atoms with Crippen LogP contribution in [-0.2, 0) is 24.5 Å². The van der Waals surface area contributed by atoms with Gasteiger partial charge in [-0.15, -0.1) is 0 Å². The Hall–Kier alpha value is -4.66. The number of cyclic esters (lactones) is 1. The maximum Gasteiger partial charge on any atom is 0.422 e. The van der Waals surface area contributed by atoms with Crippen LogP contribution >= 0.6 is 0 Å². The molecule has 0 saturated carbocycles. The lowest BCUT2D eigenvalue weighted by Crippen LogP contribution is -2.48. The average molecular weight is 529 g/mol. The molecule has 9 nitrogen and oxygen atoms in total. The van der Waals surface area contributed by atoms with Crippen LogP contribution in [0.2, 0.25) is 0 Å². The quantitative estimate of drug-likeness (QED) is 0.448. The van der Waals surface area contributed by atoms with Crippen molar-refractivity contribution in [1.82, 2.24) is 0 Å². The minimum absolute atomic E-state index is 0.220. The van der Waals surface area contributed by atoms with Crippen molar-refractivity contribution in [3.8, 4) is 5.75 Å². The van der Waals surface area contributed by atoms with Gasteiger partial charge in [-0.05, 0) is 62.2 Å². The zero-order chi connectivity index (χ0) is 27.9. The number of methoxy groups -OCH3 is 1. The summed E-state index contributed by atoms with van der Waals surface area (Å²) in [4.78, 5) is 56.1. The van der Waals surface area contributed by atoms with Gasteiger partial charge >= 0.3 is 12.2 Å². The molecule has 3 aromatic carbocycles. The highest BCUT2D eigenvalue weighted by Gasteiger charge is 2.58. The topological polar surface area (TPSA) is 102 Å². The second kappa shape index (κ2) is 9.58. The van der Waals surface area contributed by atoms with Gasteiger partial charge in [-0.1, -0.05) is 48.5 Å². The van der Waals surface area contributed by atoms with Crippen LogP contribution in [0.15, 0.2) is 78.9 Å². The molecule has 0 aromatic heterocycles. The Balaban J connectivity index is 1.63. The van der Waals surface area contributed by atoms with Crippen LogP contribution in [0.5, 0.6) is 5.75 Å². The minimum Gasteiger partial charge on any atom is -0.497 e. The van der Waals surface area contributed by atoms with E-state index >= 15 is 0 Å². The molecule has 9 heteroatoms. The predicted molar refractivity (Wildman–Crippen MR) is 143 cm³/mol. The lowest BCUT2D eigenvalue weighted by Gasteiger charge is -2.31. The van der Waals surface area contributed by atoms with Crippen molar-refractivity contribution >= 4 is 35.4 Å². The molecule has 1 saturated heterocycles. The number of fused-ring (bicyclic) bond motifs is 1. The van der Waals surface area contributed by atoms with E-state index in [9.17, 15) is 19.2 Å². The summed E-state index contributed by atoms with van der Waals surface area (Å²) in [6.07, 6.45) is -3.17. The molecular formula is C30H28N2O7. The lowest BCUT2D eigenvalue weighted by molar-refractivity contribution is -0.125. The Bertz CT molecular complexity index is 1450. The van der Waals surface area contributed by atoms with E-state index in [4.69, 9.17) is 14.2 Å². The molecule has 2 atom stereocenters. The van der Waals surface area contributed by atoms with Crippen molar-refractivity contribution in [2.24, 2.45) is 0 Å². The number of imide groups is 2. The van der Waals surface area contributed by atoms with Crippen LogP contribution < -0.4 is 14.5 Å². The molecule has 3 aromatic rings. The molecule has 39 heavy (non-hydrogen) atoms. The normalized spacial score (nSPS) is 20.6. The number of nitrogens with zero attached hydrogens (tertiary/aromatic N) is 2. The Morgan fingerprint density at radius 1 is 0.923 bits per heavy atom. The van der Waals surface area contributed by atoms with Crippen molar-refractivity contribution in [2.45, 2.75) is 44.3 Å². The molecule has 2 aliphatic heterocycles. The summed E-state index contributed by atoms with van der Waals surface area (Å²) >= 11 is 0. The fourth-order valence-electron chi connectivity index (χ4n) is 5.08. The first-order valence-electron chi connectivity index (χ1n) is 12.5. The highest BCUT2D eigenvalue weighted by atomic mass is 16.6. The zero-order valence-corrected chi connectivity index (χ0v) is 22.0. The largest absolute Gasteiger partial charge is 0.497 e. The summed E-state index contributed by atoms with van der Waals surface area (Å²) in [5, 5.41) is 0. The second-order valence-corrected chi connectivity index (χ2v) is 10.4. The van der Waals surface area contributed by atoms with Crippen LogP contribution in [0.3, 0.4) is 0 Å². The Labute approximate surface area is 225 Å². The number of amides is 4. The van der Waals surface area contributed by atoms with Crippen molar-refractivity contribution < 1.29 is 33.4 Å². The zero-order valence-electron chi connectivity index (χ0n) is 22.0. The fourth-order valence-corrected chi connectivity index (χ4v) is 5.08. The van der Waals surface area contributed by atoms with Gasteiger partial charge in [0.15, 0.2) is 6.10 Å². The van der Waals surface area contributed by atoms with E-state index in [2.05, 4.69) is 0 Å². The fraction of sp³-hybridized carbons (Fsp3) is 0.267. The van der Waals surface area contributed by atoms with E-state index < -0.39 is 41.1 Å². The van der Waals surface area contributed by atoms with Crippen molar-refractivity contribution in [3.05, 3.63) is 90.0 Å². The molecule has 0 N–H and O–H groups in total. The molecule has 2 heterocycles. The monoisotopic (exact) mass is 528 g/mol. The number of anilines is 2. The summed E-state index contributed by atoms with van der Waals surface area (Å²) in [7, 11) is 1.53. The average Bonchev–Trinajstić information content (AvgIpc) is 3.33. The SMILES string of the molecule is COc1ccc([C@]2(C[C@@H]3OC(=O)N(c4ccccc4)C3=O)C(=O)N(C(=O)OC(C)(C)C)c3ccccc32)cc1. The minimum atomic E-state index is -1.53. The molecule has 0 bridgehead atoms. The summed E-state index contributed by atoms with van der Waals surface area (Å²) < 4.78 is 16.4. The predicted octanol–water partition coefficient (Wildman–Crippen LogP) is 5.21. The van der Waals surface area contributed by atoms with Crippen molar-refractivity contribution in [2.75, 3.05) is 16.9 Å². The van der Waals surface area contributed by atoms with Gasteiger partial charge in [-0.2, -0.15) is 0 Å². The van der Waals surface area contributed by atoms with Gasteiger partial charge in [0, 0.05) is 6.42 Å². The molecule has 1 fully saturated rings. The van der Waals surface area contributed by atoms with Crippen LogP contribution in [0, 0.1) is 0 Å². The number of rotatable bonds is 5. The standard InChI is InChI=1S/C30H28N2O7/c1-29(2,3)39-28(36)32-23-13-9-8-12-22(23)30(26(32)34,19-14-16-21(37-4)17-15-19)18-24-25(33)31(27(35)38-24)20-10-6-5-7-11-20/h5-17,24H,18H2,1-4H3/t24-,30-/m0/s1. The summed E-state index contributed by atoms with van der Waals surface area (Å²) in [6.45, 7) is 5.13. The van der Waals surface area contributed by atoms with Gasteiger partial charge < -0.3 is 14.2 Å². The van der Waals surface area contributed by atoms with E-state index in [0.717, 1.165) is 9.80 Å². The molecule has 0 aliphatic carbocycles. The van der Waals surface area contributed by atoms with Gasteiger partial charge in [0.25, 0.3) is 11.8 Å². The second-order valence-electron chi connectivity index (χ2n) is 10.4. The maximum atomic E-state index is 14.4. The van der Waals surface area contributed by atoms with Gasteiger partial charge in [0.2, 0.25) is 0 Å². The number of ether oxygens (including phenoxy) is 3. The molecule has 0 spiro atoms. The maximum absolute atomic E-state index is 14.4. The summed E-state index contributed by atoms with van der Waals surface area (Å²) in [6, 6.07) is 22.1. The van der Waals surface area contributed by atoms with E-state index in [-0.39, 0.29) is 6.42 Å². The van der Waals surface area contributed by atoms with Gasteiger partial charge in [0.05, 0.1) is 18.5 Å². The first kappa shape index (κ1) is 26.0. The molecule has 0 unspecified atom stereocenters. The highest BCUT2D eigenvalue weighted by molar-refractivity contribution is 6.23. The smallest absolute Gasteiger partial charge is 0.422 e. The number of para-hydroxylation sites is 2. The molecule has 5 rings (SSSR count). The number of hydrogen-bond donors (Lipinski definition) is 0. The van der Waals surface area contributed by atoms with Gasteiger partial charge in [-0.25, -0.2) is 19.4 Å². The van der Waals surface area contributed by atoms with Gasteiger partial charge in [0.1, 0.15) is 16.8 Å². The number of benzene rings is 3. The van der Waals surface area contributed by atoms with Crippen LogP contribution in [0.4, 0.5) is 21.0 Å². The van der Waals surface area contributed by atoms with E-state index in [1.54, 1.807) is 99.6 Å². The molecular weight excluding hydrogens is 500 g/mol. The first-order chi connectivity index (χ1) is 18.6. The molecule has 200 valence electrons. The lowest BCUT2D eigenvalue weighted by atomic mass is 9.71. The van der Waals surface area contributed by atoms with E-state index in [1.807, 2.05) is 0 Å². The van der Waals surface area contributed by atoms with Crippen LogP contribution in [0.25, 0.3) is 0 Å². The first-order valence-corrected chi connectivity index (χ1v) is 12.5. The third kappa shape index (κ3) is 4.39. The number of carbonyl (C=O) groups excluding carboxylic acids is 4. The summed E-state index contributed by atoms with van der Waals surface area (Å²) in [5.41, 5.74) is -0.689.